The zero-order valence-corrected chi connectivity index (χ0v) is 11.6. The lowest BCUT2D eigenvalue weighted by Crippen LogP contribution is -2.10. The molecule has 0 saturated carbocycles. The number of hydrogen-bond acceptors (Lipinski definition) is 4. The summed E-state index contributed by atoms with van der Waals surface area (Å²) in [7, 11) is 0. The van der Waals surface area contributed by atoms with Gasteiger partial charge in [0.05, 0.1) is 6.61 Å². The highest BCUT2D eigenvalue weighted by atomic mass is 19.4. The Balaban J connectivity index is 1.64. The number of carbonyl (C=O) groups is 1. The van der Waals surface area contributed by atoms with Crippen LogP contribution in [0.1, 0.15) is 17.0 Å². The number of benzene rings is 1. The highest BCUT2D eigenvalue weighted by Crippen LogP contribution is 2.27. The van der Waals surface area contributed by atoms with Gasteiger partial charge in [-0.1, -0.05) is 6.07 Å². The first-order valence-corrected chi connectivity index (χ1v) is 6.66. The zero-order chi connectivity index (χ0) is 16.4. The van der Waals surface area contributed by atoms with Gasteiger partial charge in [-0.25, -0.2) is 0 Å². The summed E-state index contributed by atoms with van der Waals surface area (Å²) in [6.45, 7) is 0.634. The van der Waals surface area contributed by atoms with Gasteiger partial charge in [0, 0.05) is 12.5 Å². The Hall–Kier alpha value is -2.84. The van der Waals surface area contributed by atoms with Gasteiger partial charge >= 0.3 is 6.18 Å². The summed E-state index contributed by atoms with van der Waals surface area (Å²) in [6.07, 6.45) is -1.09. The van der Waals surface area contributed by atoms with E-state index in [1.807, 2.05) is 12.1 Å². The van der Waals surface area contributed by atoms with E-state index in [0.29, 0.717) is 6.61 Å². The average molecular weight is 324 g/mol. The molecule has 2 N–H and O–H groups in total. The van der Waals surface area contributed by atoms with Crippen molar-refractivity contribution in [2.45, 2.75) is 12.6 Å². The fourth-order valence-electron chi connectivity index (χ4n) is 2.08. The third kappa shape index (κ3) is 3.50. The number of aromatic nitrogens is 3. The summed E-state index contributed by atoms with van der Waals surface area (Å²) in [6, 6.07) is 5.48. The van der Waals surface area contributed by atoms with E-state index in [-0.39, 0.29) is 0 Å². The number of aromatic amines is 1. The zero-order valence-electron chi connectivity index (χ0n) is 11.6. The Bertz CT molecular complexity index is 768. The van der Waals surface area contributed by atoms with Gasteiger partial charge in [0.1, 0.15) is 5.75 Å². The van der Waals surface area contributed by atoms with E-state index in [4.69, 9.17) is 4.74 Å². The molecular weight excluding hydrogens is 313 g/mol. The van der Waals surface area contributed by atoms with Crippen molar-refractivity contribution in [1.29, 1.82) is 0 Å². The van der Waals surface area contributed by atoms with Crippen LogP contribution in [0.25, 0.3) is 6.08 Å². The lowest BCUT2D eigenvalue weighted by molar-refractivity contribution is -0.144. The van der Waals surface area contributed by atoms with E-state index < -0.39 is 23.9 Å². The van der Waals surface area contributed by atoms with Crippen LogP contribution in [0.3, 0.4) is 0 Å². The van der Waals surface area contributed by atoms with Crippen molar-refractivity contribution in [3.05, 3.63) is 41.2 Å². The predicted molar refractivity (Wildman–Crippen MR) is 74.7 cm³/mol. The van der Waals surface area contributed by atoms with Gasteiger partial charge in [-0.3, -0.25) is 15.2 Å². The molecule has 2 heterocycles. The molecule has 1 aromatic heterocycles. The number of nitrogens with zero attached hydrogens (tertiary/aromatic N) is 2. The number of ether oxygens (including phenoxy) is 1. The number of hydrogen-bond donors (Lipinski definition) is 2. The summed E-state index contributed by atoms with van der Waals surface area (Å²) in [5, 5.41) is 7.15. The van der Waals surface area contributed by atoms with Crippen molar-refractivity contribution in [3.8, 4) is 5.75 Å². The van der Waals surface area contributed by atoms with Gasteiger partial charge in [0.25, 0.3) is 5.91 Å². The van der Waals surface area contributed by atoms with E-state index >= 15 is 0 Å². The van der Waals surface area contributed by atoms with E-state index in [1.54, 1.807) is 17.2 Å². The van der Waals surface area contributed by atoms with Crippen molar-refractivity contribution < 1.29 is 22.7 Å². The fraction of sp³-hybridized carbons (Fsp3) is 0.214. The van der Waals surface area contributed by atoms with Crippen LogP contribution >= 0.6 is 0 Å². The minimum Gasteiger partial charge on any atom is -0.493 e. The van der Waals surface area contributed by atoms with Gasteiger partial charge in [0.15, 0.2) is 0 Å². The largest absolute Gasteiger partial charge is 0.493 e. The Kier molecular flexibility index (Phi) is 3.77. The summed E-state index contributed by atoms with van der Waals surface area (Å²) in [4.78, 5) is 14.8. The molecule has 0 unspecified atom stereocenters. The number of rotatable bonds is 3. The van der Waals surface area contributed by atoms with Crippen LogP contribution in [-0.4, -0.2) is 27.7 Å². The van der Waals surface area contributed by atoms with E-state index in [1.165, 1.54) is 6.08 Å². The van der Waals surface area contributed by atoms with E-state index in [9.17, 15) is 18.0 Å². The molecule has 2 aromatic rings. The topological polar surface area (TPSA) is 79.9 Å². The first-order valence-electron chi connectivity index (χ1n) is 6.66. The Morgan fingerprint density at radius 2 is 2.22 bits per heavy atom. The number of anilines is 1. The van der Waals surface area contributed by atoms with Gasteiger partial charge in [-0.2, -0.15) is 18.2 Å². The Labute approximate surface area is 128 Å². The van der Waals surface area contributed by atoms with E-state index in [2.05, 4.69) is 15.4 Å². The summed E-state index contributed by atoms with van der Waals surface area (Å²) >= 11 is 0. The second-order valence-electron chi connectivity index (χ2n) is 4.79. The lowest BCUT2D eigenvalue weighted by Gasteiger charge is -2.00. The molecule has 3 rings (SSSR count). The number of halogens is 3. The molecule has 0 bridgehead atoms. The molecule has 1 aliphatic rings. The highest BCUT2D eigenvalue weighted by molar-refractivity contribution is 6.00. The normalized spacial score (nSPS) is 13.9. The number of fused-ring (bicyclic) bond motifs is 1. The van der Waals surface area contributed by atoms with E-state index in [0.717, 1.165) is 23.3 Å². The number of carbonyl (C=O) groups excluding carboxylic acids is 1. The molecule has 1 aromatic carbocycles. The summed E-state index contributed by atoms with van der Waals surface area (Å²) in [5.41, 5.74) is 1.84. The standard InChI is InChI=1S/C14H11F3N4O2/c15-14(16,17)12-19-13(21-20-12)18-11(22)4-2-8-1-3-10-9(7-8)5-6-23-10/h1-4,7H,5-6H2,(H2,18,19,20,21,22)/b4-2-. The number of H-pyrrole nitrogens is 1. The molecule has 1 aliphatic heterocycles. The molecule has 0 radical (unpaired) electrons. The SMILES string of the molecule is O=C(/C=C\c1ccc2c(c1)CCO2)Nc1n[nH]c(C(F)(F)F)n1. The molecule has 120 valence electrons. The fourth-order valence-corrected chi connectivity index (χ4v) is 2.08. The molecule has 6 nitrogen and oxygen atoms in total. The maximum atomic E-state index is 12.3. The lowest BCUT2D eigenvalue weighted by atomic mass is 10.1. The van der Waals surface area contributed by atoms with Gasteiger partial charge in [0.2, 0.25) is 11.8 Å². The van der Waals surface area contributed by atoms with Crippen LogP contribution < -0.4 is 10.1 Å². The highest BCUT2D eigenvalue weighted by Gasteiger charge is 2.35. The second kappa shape index (κ2) is 5.75. The Morgan fingerprint density at radius 3 is 2.96 bits per heavy atom. The van der Waals surface area contributed by atoms with Crippen molar-refractivity contribution in [3.63, 3.8) is 0 Å². The molecule has 0 spiro atoms. The first-order chi connectivity index (χ1) is 10.9. The van der Waals surface area contributed by atoms with Crippen LogP contribution in [0.4, 0.5) is 19.1 Å². The molecule has 0 fully saturated rings. The Morgan fingerprint density at radius 1 is 1.39 bits per heavy atom. The van der Waals surface area contributed by atoms with Crippen molar-refractivity contribution in [1.82, 2.24) is 15.2 Å². The quantitative estimate of drug-likeness (QED) is 0.850. The van der Waals surface area contributed by atoms with Crippen LogP contribution in [0.15, 0.2) is 24.3 Å². The smallest absolute Gasteiger partial charge is 0.451 e. The van der Waals surface area contributed by atoms with Crippen LogP contribution in [0, 0.1) is 0 Å². The molecule has 0 saturated heterocycles. The van der Waals surface area contributed by atoms with Crippen LogP contribution in [-0.2, 0) is 17.4 Å². The molecule has 9 heteroatoms. The third-order valence-corrected chi connectivity index (χ3v) is 3.13. The van der Waals surface area contributed by atoms with Gasteiger partial charge in [-0.15, -0.1) is 5.10 Å². The molecule has 1 amide bonds. The number of nitrogens with one attached hydrogen (secondary N) is 2. The number of alkyl halides is 3. The summed E-state index contributed by atoms with van der Waals surface area (Å²) in [5.74, 6) is -1.51. The van der Waals surface area contributed by atoms with Crippen LogP contribution in [0.5, 0.6) is 5.75 Å². The average Bonchev–Trinajstić information content (AvgIpc) is 3.12. The van der Waals surface area contributed by atoms with Crippen molar-refractivity contribution in [2.75, 3.05) is 11.9 Å². The van der Waals surface area contributed by atoms with Gasteiger partial charge < -0.3 is 4.74 Å². The third-order valence-electron chi connectivity index (χ3n) is 3.13. The maximum absolute atomic E-state index is 12.3. The van der Waals surface area contributed by atoms with Crippen LogP contribution in [0.2, 0.25) is 0 Å². The first kappa shape index (κ1) is 15.1. The summed E-state index contributed by atoms with van der Waals surface area (Å²) < 4.78 is 42.4. The second-order valence-corrected chi connectivity index (χ2v) is 4.79. The minimum atomic E-state index is -4.64. The molecule has 0 atom stereocenters. The monoisotopic (exact) mass is 324 g/mol. The van der Waals surface area contributed by atoms with Crippen molar-refractivity contribution in [2.24, 2.45) is 0 Å². The molecular formula is C14H11F3N4O2. The number of amides is 1. The van der Waals surface area contributed by atoms with Crippen molar-refractivity contribution >= 4 is 17.9 Å². The molecule has 0 aliphatic carbocycles. The predicted octanol–water partition coefficient (Wildman–Crippen LogP) is 2.41. The van der Waals surface area contributed by atoms with Gasteiger partial charge in [-0.05, 0) is 29.3 Å². The molecule has 23 heavy (non-hydrogen) atoms. The maximum Gasteiger partial charge on any atom is 0.451 e. The minimum absolute atomic E-state index is 0.436.